The first-order chi connectivity index (χ1) is 46.7. The molecular weight excluding hydrogens is 1260 g/mol. The first-order valence-corrected chi connectivity index (χ1v) is 41.9. The molecule has 0 radical (unpaired) electrons. The summed E-state index contributed by atoms with van der Waals surface area (Å²) in [6, 6.07) is 0. The molecule has 5 atom stereocenters. The molecule has 0 aromatic rings. The van der Waals surface area contributed by atoms with Gasteiger partial charge in [0.05, 0.1) is 26.4 Å². The number of ether oxygens (including phenoxy) is 4. The Hall–Kier alpha value is -2.98. The van der Waals surface area contributed by atoms with Crippen molar-refractivity contribution < 1.29 is 80.2 Å². The van der Waals surface area contributed by atoms with E-state index >= 15 is 0 Å². The average Bonchev–Trinajstić information content (AvgIpc) is 1.15. The molecule has 0 amide bonds. The summed E-state index contributed by atoms with van der Waals surface area (Å²) in [6.07, 6.45) is 66.7. The number of phosphoric acid groups is 2. The van der Waals surface area contributed by atoms with Crippen molar-refractivity contribution in [2.75, 3.05) is 39.6 Å². The Bertz CT molecular complexity index is 2010. The minimum Gasteiger partial charge on any atom is -0.462 e. The molecule has 0 aromatic heterocycles. The van der Waals surface area contributed by atoms with Gasteiger partial charge in [-0.25, -0.2) is 9.13 Å². The number of carbonyl (C=O) groups excluding carboxylic acids is 4. The van der Waals surface area contributed by atoms with Crippen LogP contribution in [0, 0.1) is 0 Å². The van der Waals surface area contributed by atoms with Crippen molar-refractivity contribution in [3.05, 3.63) is 48.6 Å². The van der Waals surface area contributed by atoms with E-state index in [1.807, 2.05) is 0 Å². The lowest BCUT2D eigenvalue weighted by Gasteiger charge is -2.21. The summed E-state index contributed by atoms with van der Waals surface area (Å²) in [5, 5.41) is 10.6. The highest BCUT2D eigenvalue weighted by Crippen LogP contribution is 2.45. The third-order valence-electron chi connectivity index (χ3n) is 16.8. The van der Waals surface area contributed by atoms with Gasteiger partial charge in [-0.2, -0.15) is 0 Å². The Balaban J connectivity index is 5.26. The smallest absolute Gasteiger partial charge is 0.462 e. The third-order valence-corrected chi connectivity index (χ3v) is 18.7. The molecule has 0 saturated heterocycles. The van der Waals surface area contributed by atoms with E-state index in [2.05, 4.69) is 76.3 Å². The molecule has 0 aliphatic rings. The number of hydrogen-bond donors (Lipinski definition) is 3. The molecule has 96 heavy (non-hydrogen) atoms. The summed E-state index contributed by atoms with van der Waals surface area (Å²) in [7, 11) is -9.93. The molecule has 0 heterocycles. The SMILES string of the molecule is CCCC/C=C\CCCCCCCC(=O)OC(COC(=O)CCCCCCCC/C=C\C/C=C\C/C=C\CCCCC)COP(=O)(O)OCC(O)COP(=O)(O)OCC(COC(=O)CCCCCCCCCCCCCCC)OC(=O)CCCCCCCCCCCCCCC. The number of rotatable bonds is 74. The van der Waals surface area contributed by atoms with Crippen molar-refractivity contribution in [2.24, 2.45) is 0 Å². The largest absolute Gasteiger partial charge is 0.472 e. The number of allylic oxidation sites excluding steroid dienone is 8. The van der Waals surface area contributed by atoms with Crippen molar-refractivity contribution in [3.63, 3.8) is 0 Å². The molecule has 0 aliphatic heterocycles. The molecular formula is C77H142O17P2. The second-order valence-corrected chi connectivity index (χ2v) is 29.2. The third kappa shape index (κ3) is 69.5. The topological polar surface area (TPSA) is 237 Å². The number of carbonyl (C=O) groups is 4. The van der Waals surface area contributed by atoms with Crippen molar-refractivity contribution in [3.8, 4) is 0 Å². The van der Waals surface area contributed by atoms with Gasteiger partial charge in [0.1, 0.15) is 19.3 Å². The van der Waals surface area contributed by atoms with E-state index in [4.69, 9.17) is 37.0 Å². The minimum atomic E-state index is -4.97. The molecule has 0 fully saturated rings. The normalized spacial score (nSPS) is 14.2. The van der Waals surface area contributed by atoms with Crippen LogP contribution in [0.3, 0.4) is 0 Å². The number of unbranched alkanes of at least 4 members (excludes halogenated alkanes) is 40. The maximum Gasteiger partial charge on any atom is 0.472 e. The fourth-order valence-electron chi connectivity index (χ4n) is 10.8. The number of hydrogen-bond acceptors (Lipinski definition) is 15. The summed E-state index contributed by atoms with van der Waals surface area (Å²) in [6.45, 7) is 4.85. The van der Waals surface area contributed by atoms with Gasteiger partial charge in [-0.3, -0.25) is 37.3 Å². The van der Waals surface area contributed by atoms with Gasteiger partial charge in [0, 0.05) is 25.7 Å². The van der Waals surface area contributed by atoms with Crippen LogP contribution in [-0.4, -0.2) is 96.7 Å². The summed E-state index contributed by atoms with van der Waals surface area (Å²) >= 11 is 0. The van der Waals surface area contributed by atoms with Crippen LogP contribution in [0.25, 0.3) is 0 Å². The summed E-state index contributed by atoms with van der Waals surface area (Å²) < 4.78 is 68.4. The van der Waals surface area contributed by atoms with E-state index in [0.29, 0.717) is 25.7 Å². The van der Waals surface area contributed by atoms with E-state index in [9.17, 15) is 43.2 Å². The maximum atomic E-state index is 13.1. The van der Waals surface area contributed by atoms with E-state index in [-0.39, 0.29) is 25.7 Å². The molecule has 0 aliphatic carbocycles. The van der Waals surface area contributed by atoms with Crippen LogP contribution in [0.15, 0.2) is 48.6 Å². The molecule has 3 N–H and O–H groups in total. The minimum absolute atomic E-state index is 0.0859. The van der Waals surface area contributed by atoms with E-state index < -0.39 is 97.5 Å². The Morgan fingerprint density at radius 1 is 0.292 bits per heavy atom. The average molecular weight is 1400 g/mol. The van der Waals surface area contributed by atoms with Gasteiger partial charge < -0.3 is 33.8 Å². The van der Waals surface area contributed by atoms with Gasteiger partial charge in [0.2, 0.25) is 0 Å². The predicted molar refractivity (Wildman–Crippen MR) is 390 cm³/mol. The molecule has 0 saturated carbocycles. The standard InChI is InChI=1S/C77H142O17P2/c1-5-9-13-17-21-25-29-32-33-34-35-36-37-40-43-46-50-54-58-62-75(80)88-67-72(93-76(81)63-59-55-51-47-41-28-24-20-16-12-8-4)69-91-95(83,84)89-65-71(78)66-90-96(85,86)92-70-73(94-77(82)64-60-56-52-48-44-39-31-27-23-19-15-11-7-3)68-87-74(79)61-57-53-49-45-42-38-30-26-22-18-14-10-6-2/h20-21,24-25,32-33,35-36,71-73,78H,5-19,22-23,26-31,34,37-70H2,1-4H3,(H,83,84)(H,85,86)/b24-20-,25-21-,33-32-,36-35-. The summed E-state index contributed by atoms with van der Waals surface area (Å²) in [5.74, 6) is -2.16. The van der Waals surface area contributed by atoms with E-state index in [1.54, 1.807) is 0 Å². The van der Waals surface area contributed by atoms with Gasteiger partial charge >= 0.3 is 39.5 Å². The number of aliphatic hydroxyl groups is 1. The van der Waals surface area contributed by atoms with Gasteiger partial charge in [0.25, 0.3) is 0 Å². The lowest BCUT2D eigenvalue weighted by atomic mass is 10.0. The second kappa shape index (κ2) is 70.5. The molecule has 562 valence electrons. The monoisotopic (exact) mass is 1400 g/mol. The van der Waals surface area contributed by atoms with Gasteiger partial charge in [-0.15, -0.1) is 0 Å². The second-order valence-electron chi connectivity index (χ2n) is 26.3. The van der Waals surface area contributed by atoms with Crippen molar-refractivity contribution in [1.29, 1.82) is 0 Å². The number of phosphoric ester groups is 2. The van der Waals surface area contributed by atoms with Crippen LogP contribution in [-0.2, 0) is 65.4 Å². The molecule has 0 bridgehead atoms. The molecule has 17 nitrogen and oxygen atoms in total. The van der Waals surface area contributed by atoms with Crippen LogP contribution < -0.4 is 0 Å². The first-order valence-electron chi connectivity index (χ1n) is 38.9. The maximum absolute atomic E-state index is 13.1. The van der Waals surface area contributed by atoms with Crippen LogP contribution in [0.4, 0.5) is 0 Å². The summed E-state index contributed by atoms with van der Waals surface area (Å²) in [4.78, 5) is 72.8. The zero-order chi connectivity index (χ0) is 70.4. The fraction of sp³-hybridized carbons (Fsp3) is 0.844. The van der Waals surface area contributed by atoms with Gasteiger partial charge in [-0.1, -0.05) is 301 Å². The first kappa shape index (κ1) is 93.0. The Kier molecular flexibility index (Phi) is 68.3. The fourth-order valence-corrected chi connectivity index (χ4v) is 12.4. The van der Waals surface area contributed by atoms with Crippen molar-refractivity contribution in [2.45, 2.75) is 380 Å². The highest BCUT2D eigenvalue weighted by atomic mass is 31.2. The zero-order valence-corrected chi connectivity index (χ0v) is 63.1. The lowest BCUT2D eigenvalue weighted by Crippen LogP contribution is -2.30. The van der Waals surface area contributed by atoms with E-state index in [0.717, 1.165) is 141 Å². The number of aliphatic hydroxyl groups excluding tert-OH is 1. The molecule has 19 heteroatoms. The zero-order valence-electron chi connectivity index (χ0n) is 61.3. The quantitative estimate of drug-likeness (QED) is 0.0169. The lowest BCUT2D eigenvalue weighted by molar-refractivity contribution is -0.161. The molecule has 0 aromatic carbocycles. The number of esters is 4. The van der Waals surface area contributed by atoms with Gasteiger partial charge in [-0.05, 0) is 83.5 Å². The Morgan fingerprint density at radius 2 is 0.521 bits per heavy atom. The van der Waals surface area contributed by atoms with Gasteiger partial charge in [0.15, 0.2) is 12.2 Å². The van der Waals surface area contributed by atoms with Crippen molar-refractivity contribution in [1.82, 2.24) is 0 Å². The van der Waals surface area contributed by atoms with E-state index in [1.165, 1.54) is 141 Å². The highest BCUT2D eigenvalue weighted by molar-refractivity contribution is 7.47. The van der Waals surface area contributed by atoms with Crippen molar-refractivity contribution >= 4 is 39.5 Å². The van der Waals surface area contributed by atoms with Crippen LogP contribution in [0.1, 0.15) is 362 Å². The highest BCUT2D eigenvalue weighted by Gasteiger charge is 2.30. The Labute approximate surface area is 585 Å². The van der Waals surface area contributed by atoms with Crippen LogP contribution in [0.5, 0.6) is 0 Å². The molecule has 0 spiro atoms. The summed E-state index contributed by atoms with van der Waals surface area (Å²) in [5.41, 5.74) is 0. The molecule has 0 rings (SSSR count). The van der Waals surface area contributed by atoms with Crippen LogP contribution in [0.2, 0.25) is 0 Å². The predicted octanol–water partition coefficient (Wildman–Crippen LogP) is 22.1. The Morgan fingerprint density at radius 3 is 0.844 bits per heavy atom. The van der Waals surface area contributed by atoms with Crippen LogP contribution >= 0.6 is 15.6 Å². The molecule has 5 unspecified atom stereocenters.